The first-order valence-corrected chi connectivity index (χ1v) is 9.31. The van der Waals surface area contributed by atoms with Crippen LogP contribution in [0.5, 0.6) is 0 Å². The molecule has 0 aliphatic heterocycles. The number of carboxylic acids is 1. The van der Waals surface area contributed by atoms with Gasteiger partial charge in [-0.1, -0.05) is 23.9 Å². The van der Waals surface area contributed by atoms with Crippen molar-refractivity contribution < 1.29 is 14.7 Å². The van der Waals surface area contributed by atoms with Gasteiger partial charge < -0.3 is 10.4 Å². The van der Waals surface area contributed by atoms with Crippen LogP contribution in [-0.4, -0.2) is 42.9 Å². The third kappa shape index (κ3) is 3.34. The van der Waals surface area contributed by atoms with Gasteiger partial charge in [-0.2, -0.15) is 0 Å². The lowest BCUT2D eigenvalue weighted by Crippen LogP contribution is -2.18. The highest BCUT2D eigenvalue weighted by Crippen LogP contribution is 2.46. The average molecular weight is 371 g/mol. The highest BCUT2D eigenvalue weighted by molar-refractivity contribution is 7.99. The number of hydrogen-bond acceptors (Lipinski definition) is 6. The number of thioether (sulfide) groups is 1. The lowest BCUT2D eigenvalue weighted by Gasteiger charge is -2.18. The predicted molar refractivity (Wildman–Crippen MR) is 95.0 cm³/mol. The van der Waals surface area contributed by atoms with Crippen LogP contribution in [0.15, 0.2) is 41.6 Å². The van der Waals surface area contributed by atoms with Gasteiger partial charge in [-0.05, 0) is 59.4 Å². The predicted octanol–water partition coefficient (Wildman–Crippen LogP) is 2.24. The van der Waals surface area contributed by atoms with Gasteiger partial charge in [-0.15, -0.1) is 5.10 Å². The Balaban J connectivity index is 1.34. The Labute approximate surface area is 153 Å². The smallest absolute Gasteiger partial charge is 0.335 e. The standard InChI is InChI=1S/C17H17N5O3S/c23-15(18-13-5-3-11(4-6-13)16(24)25)9-26-17-19-20-21-22(17)14-8-10-1-2-12(14)7-10/h1-6,10,12,14H,7-9H2,(H,18,23)(H,24,25)/t10-,12+,14+/m0/s1. The zero-order chi connectivity index (χ0) is 18.1. The monoisotopic (exact) mass is 371 g/mol. The number of hydrogen-bond donors (Lipinski definition) is 2. The van der Waals surface area contributed by atoms with Gasteiger partial charge in [0.2, 0.25) is 11.1 Å². The highest BCUT2D eigenvalue weighted by Gasteiger charge is 2.38. The van der Waals surface area contributed by atoms with Crippen molar-refractivity contribution in [1.29, 1.82) is 0 Å². The molecular formula is C17H17N5O3S. The third-order valence-electron chi connectivity index (χ3n) is 4.77. The lowest BCUT2D eigenvalue weighted by molar-refractivity contribution is -0.113. The maximum absolute atomic E-state index is 12.1. The molecule has 9 heteroatoms. The number of fused-ring (bicyclic) bond motifs is 2. The second-order valence-electron chi connectivity index (χ2n) is 6.47. The van der Waals surface area contributed by atoms with Crippen molar-refractivity contribution in [2.24, 2.45) is 11.8 Å². The molecule has 26 heavy (non-hydrogen) atoms. The second kappa shape index (κ2) is 6.91. The van der Waals surface area contributed by atoms with E-state index in [0.29, 0.717) is 22.7 Å². The van der Waals surface area contributed by atoms with Gasteiger partial charge in [-0.25, -0.2) is 9.48 Å². The molecule has 3 atom stereocenters. The Morgan fingerprint density at radius 2 is 2.04 bits per heavy atom. The van der Waals surface area contributed by atoms with E-state index in [2.05, 4.69) is 33.0 Å². The SMILES string of the molecule is O=C(CSc1nnnn1[C@@H]1C[C@H]2C=C[C@@H]1C2)Nc1ccc(C(=O)O)cc1. The molecule has 0 spiro atoms. The van der Waals surface area contributed by atoms with Crippen molar-refractivity contribution in [2.45, 2.75) is 24.0 Å². The van der Waals surface area contributed by atoms with Gasteiger partial charge in [0.1, 0.15) is 0 Å². The molecule has 1 aromatic heterocycles. The number of anilines is 1. The van der Waals surface area contributed by atoms with E-state index < -0.39 is 5.97 Å². The molecule has 0 radical (unpaired) electrons. The Morgan fingerprint density at radius 3 is 2.69 bits per heavy atom. The maximum atomic E-state index is 12.1. The largest absolute Gasteiger partial charge is 0.478 e. The van der Waals surface area contributed by atoms with Gasteiger partial charge in [0.05, 0.1) is 17.4 Å². The quantitative estimate of drug-likeness (QED) is 0.592. The number of carbonyl (C=O) groups excluding carboxylic acids is 1. The van der Waals surface area contributed by atoms with Crippen molar-refractivity contribution in [3.05, 3.63) is 42.0 Å². The van der Waals surface area contributed by atoms with E-state index >= 15 is 0 Å². The number of allylic oxidation sites excluding steroid dienone is 2. The summed E-state index contributed by atoms with van der Waals surface area (Å²) < 4.78 is 1.84. The molecule has 2 aromatic rings. The first-order chi connectivity index (χ1) is 12.6. The minimum absolute atomic E-state index is 0.177. The van der Waals surface area contributed by atoms with E-state index in [0.717, 1.165) is 12.8 Å². The van der Waals surface area contributed by atoms with Crippen LogP contribution in [0.1, 0.15) is 29.2 Å². The van der Waals surface area contributed by atoms with E-state index in [4.69, 9.17) is 5.11 Å². The molecule has 134 valence electrons. The molecule has 1 heterocycles. The van der Waals surface area contributed by atoms with Crippen LogP contribution >= 0.6 is 11.8 Å². The number of aromatic carboxylic acids is 1. The summed E-state index contributed by atoms with van der Waals surface area (Å²) in [5, 5.41) is 24.2. The van der Waals surface area contributed by atoms with Crippen LogP contribution < -0.4 is 5.32 Å². The summed E-state index contributed by atoms with van der Waals surface area (Å²) in [5.74, 6) is 0.0762. The average Bonchev–Trinajstić information content (AvgIpc) is 3.36. The fourth-order valence-electron chi connectivity index (χ4n) is 3.54. The molecule has 0 unspecified atom stereocenters. The molecule has 4 rings (SSSR count). The normalized spacial score (nSPS) is 23.3. The number of nitrogens with zero attached hydrogens (tertiary/aromatic N) is 4. The van der Waals surface area contributed by atoms with Gasteiger partial charge in [0, 0.05) is 5.69 Å². The molecule has 8 nitrogen and oxygen atoms in total. The summed E-state index contributed by atoms with van der Waals surface area (Å²) >= 11 is 1.30. The Kier molecular flexibility index (Phi) is 4.46. The highest BCUT2D eigenvalue weighted by atomic mass is 32.2. The minimum Gasteiger partial charge on any atom is -0.478 e. The first kappa shape index (κ1) is 16.8. The summed E-state index contributed by atoms with van der Waals surface area (Å²) in [6.07, 6.45) is 6.70. The molecule has 1 fully saturated rings. The summed E-state index contributed by atoms with van der Waals surface area (Å²) in [4.78, 5) is 23.0. The molecule has 2 aliphatic rings. The van der Waals surface area contributed by atoms with E-state index in [-0.39, 0.29) is 23.3 Å². The number of rotatable bonds is 6. The summed E-state index contributed by atoms with van der Waals surface area (Å²) in [6, 6.07) is 6.31. The van der Waals surface area contributed by atoms with Crippen molar-refractivity contribution in [1.82, 2.24) is 20.2 Å². The Bertz CT molecular complexity index is 864. The summed E-state index contributed by atoms with van der Waals surface area (Å²) in [6.45, 7) is 0. The number of nitrogens with one attached hydrogen (secondary N) is 1. The van der Waals surface area contributed by atoms with Gasteiger partial charge in [0.15, 0.2) is 0 Å². The van der Waals surface area contributed by atoms with E-state index in [1.165, 1.54) is 23.9 Å². The van der Waals surface area contributed by atoms with Crippen molar-refractivity contribution in [3.8, 4) is 0 Å². The minimum atomic E-state index is -0.999. The van der Waals surface area contributed by atoms with Gasteiger partial charge in [-0.3, -0.25) is 4.79 Å². The van der Waals surface area contributed by atoms with Crippen LogP contribution in [0.3, 0.4) is 0 Å². The fraction of sp³-hybridized carbons (Fsp3) is 0.353. The second-order valence-corrected chi connectivity index (χ2v) is 7.42. The van der Waals surface area contributed by atoms with Gasteiger partial charge in [0.25, 0.3) is 0 Å². The topological polar surface area (TPSA) is 110 Å². The number of carbonyl (C=O) groups is 2. The van der Waals surface area contributed by atoms with E-state index in [1.54, 1.807) is 12.1 Å². The van der Waals surface area contributed by atoms with Gasteiger partial charge >= 0.3 is 5.97 Å². The molecule has 2 aliphatic carbocycles. The van der Waals surface area contributed by atoms with Crippen LogP contribution in [0.4, 0.5) is 5.69 Å². The third-order valence-corrected chi connectivity index (χ3v) is 5.70. The number of benzene rings is 1. The van der Waals surface area contributed by atoms with Crippen LogP contribution in [0.25, 0.3) is 0 Å². The van der Waals surface area contributed by atoms with E-state index in [1.807, 2.05) is 4.68 Å². The number of carboxylic acid groups (broad SMARTS) is 1. The van der Waals surface area contributed by atoms with E-state index in [9.17, 15) is 9.59 Å². The maximum Gasteiger partial charge on any atom is 0.335 e. The molecule has 1 saturated carbocycles. The van der Waals surface area contributed by atoms with Crippen molar-refractivity contribution in [3.63, 3.8) is 0 Å². The van der Waals surface area contributed by atoms with Crippen LogP contribution in [0.2, 0.25) is 0 Å². The molecule has 2 bridgehead atoms. The molecule has 0 saturated heterocycles. The fourth-order valence-corrected chi connectivity index (χ4v) is 4.28. The number of amides is 1. The van der Waals surface area contributed by atoms with Crippen molar-refractivity contribution >= 4 is 29.3 Å². The molecule has 1 aromatic carbocycles. The molecule has 2 N–H and O–H groups in total. The summed E-state index contributed by atoms with van der Waals surface area (Å²) in [7, 11) is 0. The Hall–Kier alpha value is -2.68. The number of tetrazole rings is 1. The molecule has 1 amide bonds. The first-order valence-electron chi connectivity index (χ1n) is 8.32. The number of aromatic nitrogens is 4. The summed E-state index contributed by atoms with van der Waals surface area (Å²) in [5.41, 5.74) is 0.731. The van der Waals surface area contributed by atoms with Crippen LogP contribution in [-0.2, 0) is 4.79 Å². The lowest BCUT2D eigenvalue weighted by atomic mass is 10.0. The zero-order valence-corrected chi connectivity index (χ0v) is 14.6. The molecular weight excluding hydrogens is 354 g/mol. The van der Waals surface area contributed by atoms with Crippen molar-refractivity contribution in [2.75, 3.05) is 11.1 Å². The van der Waals surface area contributed by atoms with Crippen LogP contribution in [0, 0.1) is 11.8 Å². The zero-order valence-electron chi connectivity index (χ0n) is 13.8. The Morgan fingerprint density at radius 1 is 1.23 bits per heavy atom.